The average Bonchev–Trinajstić information content (AvgIpc) is 3.23. The molecule has 29 heavy (non-hydrogen) atoms. The van der Waals surface area contributed by atoms with Gasteiger partial charge in [0, 0.05) is 23.9 Å². The first-order chi connectivity index (χ1) is 14.1. The molecule has 1 aliphatic carbocycles. The fourth-order valence-electron chi connectivity index (χ4n) is 4.02. The maximum Gasteiger partial charge on any atom is 0.271 e. The van der Waals surface area contributed by atoms with E-state index in [0.717, 1.165) is 30.1 Å². The second-order valence-electron chi connectivity index (χ2n) is 7.68. The van der Waals surface area contributed by atoms with Crippen molar-refractivity contribution in [3.8, 4) is 17.0 Å². The topological polar surface area (TPSA) is 116 Å². The number of aliphatic imine (C=N–C) groups is 1. The largest absolute Gasteiger partial charge is 0.490 e. The molecule has 1 atom stereocenters. The normalized spacial score (nSPS) is 23.2. The minimum absolute atomic E-state index is 0.0192. The van der Waals surface area contributed by atoms with Crippen LogP contribution in [0.5, 0.6) is 5.75 Å². The number of benzene rings is 1. The van der Waals surface area contributed by atoms with E-state index in [1.165, 1.54) is 25.5 Å². The highest BCUT2D eigenvalue weighted by molar-refractivity contribution is 5.95. The van der Waals surface area contributed by atoms with Crippen LogP contribution in [-0.4, -0.2) is 28.2 Å². The Morgan fingerprint density at radius 2 is 2.03 bits per heavy atom. The van der Waals surface area contributed by atoms with Crippen molar-refractivity contribution in [3.05, 3.63) is 48.4 Å². The summed E-state index contributed by atoms with van der Waals surface area (Å²) in [6.45, 7) is 0. The number of primary amides is 1. The molecular formula is C22H25N5O2. The molecule has 1 unspecified atom stereocenters. The third kappa shape index (κ3) is 4.62. The fraction of sp³-hybridized carbons (Fsp3) is 0.364. The number of rotatable bonds is 6. The SMILES string of the molecule is NC(=O)c1nc(-c2cccc(OC3CCC(CC4C=CN=C4)CC3)c2)cnc1N. The van der Waals surface area contributed by atoms with Crippen molar-refractivity contribution in [2.24, 2.45) is 22.6 Å². The molecule has 1 amide bonds. The number of amides is 1. The molecule has 1 aromatic carbocycles. The van der Waals surface area contributed by atoms with Gasteiger partial charge in [-0.2, -0.15) is 0 Å². The smallest absolute Gasteiger partial charge is 0.271 e. The molecule has 0 spiro atoms. The van der Waals surface area contributed by atoms with Gasteiger partial charge in [0.15, 0.2) is 11.5 Å². The molecular weight excluding hydrogens is 366 g/mol. The lowest BCUT2D eigenvalue weighted by atomic mass is 9.82. The number of nitrogens with two attached hydrogens (primary N) is 2. The Morgan fingerprint density at radius 1 is 1.21 bits per heavy atom. The summed E-state index contributed by atoms with van der Waals surface area (Å²) in [6.07, 6.45) is 13.5. The van der Waals surface area contributed by atoms with Crippen LogP contribution in [0.15, 0.2) is 47.7 Å². The van der Waals surface area contributed by atoms with Crippen molar-refractivity contribution >= 4 is 17.9 Å². The first-order valence-electron chi connectivity index (χ1n) is 9.98. The summed E-state index contributed by atoms with van der Waals surface area (Å²) in [5, 5.41) is 0. The maximum absolute atomic E-state index is 11.5. The van der Waals surface area contributed by atoms with Gasteiger partial charge < -0.3 is 16.2 Å². The van der Waals surface area contributed by atoms with Gasteiger partial charge in [0.1, 0.15) is 5.75 Å². The number of anilines is 1. The van der Waals surface area contributed by atoms with Crippen molar-refractivity contribution in [2.75, 3.05) is 5.73 Å². The highest BCUT2D eigenvalue weighted by atomic mass is 16.5. The monoisotopic (exact) mass is 391 g/mol. The third-order valence-electron chi connectivity index (χ3n) is 5.56. The zero-order chi connectivity index (χ0) is 20.2. The molecule has 1 aliphatic heterocycles. The zero-order valence-electron chi connectivity index (χ0n) is 16.2. The van der Waals surface area contributed by atoms with Crippen molar-refractivity contribution in [2.45, 2.75) is 38.2 Å². The number of hydrogen-bond acceptors (Lipinski definition) is 6. The summed E-state index contributed by atoms with van der Waals surface area (Å²) in [7, 11) is 0. The quantitative estimate of drug-likeness (QED) is 0.783. The molecule has 2 heterocycles. The summed E-state index contributed by atoms with van der Waals surface area (Å²) in [4.78, 5) is 23.9. The molecule has 0 saturated heterocycles. The van der Waals surface area contributed by atoms with Gasteiger partial charge in [-0.15, -0.1) is 0 Å². The predicted octanol–water partition coefficient (Wildman–Crippen LogP) is 3.37. The molecule has 1 aromatic heterocycles. The second kappa shape index (κ2) is 8.43. The zero-order valence-corrected chi connectivity index (χ0v) is 16.2. The van der Waals surface area contributed by atoms with Crippen molar-refractivity contribution in [1.29, 1.82) is 0 Å². The van der Waals surface area contributed by atoms with Crippen LogP contribution in [-0.2, 0) is 0 Å². The van der Waals surface area contributed by atoms with Crippen LogP contribution < -0.4 is 16.2 Å². The van der Waals surface area contributed by atoms with E-state index in [4.69, 9.17) is 16.2 Å². The molecule has 4 rings (SSSR count). The standard InChI is InChI=1S/C22H25N5O2/c23-21-20(22(24)28)27-19(13-26-21)16-2-1-3-18(11-16)29-17-6-4-14(5-7-17)10-15-8-9-25-12-15/h1-3,8-9,11-15,17H,4-7,10H2,(H2,23,26)(H2,24,28). The third-order valence-corrected chi connectivity index (χ3v) is 5.56. The molecule has 0 radical (unpaired) electrons. The fourth-order valence-corrected chi connectivity index (χ4v) is 4.02. The minimum atomic E-state index is -0.694. The summed E-state index contributed by atoms with van der Waals surface area (Å²) in [5.74, 6) is 1.36. The van der Waals surface area contributed by atoms with E-state index in [0.29, 0.717) is 11.6 Å². The van der Waals surface area contributed by atoms with E-state index in [1.54, 1.807) is 0 Å². The molecule has 1 saturated carbocycles. The van der Waals surface area contributed by atoms with Gasteiger partial charge in [0.2, 0.25) is 0 Å². The Morgan fingerprint density at radius 3 is 2.76 bits per heavy atom. The number of aromatic nitrogens is 2. The van der Waals surface area contributed by atoms with Crippen molar-refractivity contribution in [1.82, 2.24) is 9.97 Å². The summed E-state index contributed by atoms with van der Waals surface area (Å²) >= 11 is 0. The van der Waals surface area contributed by atoms with Gasteiger partial charge in [0.05, 0.1) is 18.0 Å². The molecule has 2 aliphatic rings. The number of nitrogens with zero attached hydrogens (tertiary/aromatic N) is 3. The Kier molecular flexibility index (Phi) is 5.55. The van der Waals surface area contributed by atoms with Gasteiger partial charge in [-0.25, -0.2) is 9.97 Å². The van der Waals surface area contributed by atoms with Crippen LogP contribution in [0, 0.1) is 11.8 Å². The summed E-state index contributed by atoms with van der Waals surface area (Å²) in [5.41, 5.74) is 12.3. The van der Waals surface area contributed by atoms with E-state index < -0.39 is 5.91 Å². The van der Waals surface area contributed by atoms with E-state index in [1.807, 2.05) is 36.7 Å². The molecule has 7 nitrogen and oxygen atoms in total. The Labute approximate surface area is 169 Å². The van der Waals surface area contributed by atoms with E-state index in [9.17, 15) is 4.79 Å². The Bertz CT molecular complexity index is 936. The van der Waals surface area contributed by atoms with Gasteiger partial charge >= 0.3 is 0 Å². The highest BCUT2D eigenvalue weighted by Crippen LogP contribution is 2.33. The van der Waals surface area contributed by atoms with E-state index >= 15 is 0 Å². The number of nitrogen functional groups attached to an aromatic ring is 1. The maximum atomic E-state index is 11.5. The Hall–Kier alpha value is -3.22. The summed E-state index contributed by atoms with van der Waals surface area (Å²) < 4.78 is 6.23. The van der Waals surface area contributed by atoms with Gasteiger partial charge in [-0.05, 0) is 50.2 Å². The molecule has 1 fully saturated rings. The van der Waals surface area contributed by atoms with E-state index in [2.05, 4.69) is 21.0 Å². The number of carbonyl (C=O) groups is 1. The number of allylic oxidation sites excluding steroid dienone is 1. The lowest BCUT2D eigenvalue weighted by Gasteiger charge is -2.29. The Balaban J connectivity index is 1.38. The minimum Gasteiger partial charge on any atom is -0.490 e. The van der Waals surface area contributed by atoms with Gasteiger partial charge in [-0.1, -0.05) is 18.2 Å². The number of hydrogen-bond donors (Lipinski definition) is 2. The van der Waals surface area contributed by atoms with E-state index in [-0.39, 0.29) is 17.6 Å². The van der Waals surface area contributed by atoms with Gasteiger partial charge in [0.25, 0.3) is 5.91 Å². The van der Waals surface area contributed by atoms with Crippen LogP contribution >= 0.6 is 0 Å². The molecule has 7 heteroatoms. The average molecular weight is 391 g/mol. The first kappa shape index (κ1) is 19.1. The molecule has 150 valence electrons. The van der Waals surface area contributed by atoms with Crippen LogP contribution in [0.1, 0.15) is 42.6 Å². The second-order valence-corrected chi connectivity index (χ2v) is 7.68. The van der Waals surface area contributed by atoms with Crippen molar-refractivity contribution in [3.63, 3.8) is 0 Å². The first-order valence-corrected chi connectivity index (χ1v) is 9.98. The van der Waals surface area contributed by atoms with Crippen molar-refractivity contribution < 1.29 is 9.53 Å². The van der Waals surface area contributed by atoms with Gasteiger partial charge in [-0.3, -0.25) is 9.79 Å². The lowest BCUT2D eigenvalue weighted by molar-refractivity contribution is 0.0996. The lowest BCUT2D eigenvalue weighted by Crippen LogP contribution is -2.25. The van der Waals surface area contributed by atoms with Crippen LogP contribution in [0.4, 0.5) is 5.82 Å². The molecule has 2 aromatic rings. The molecule has 0 bridgehead atoms. The number of ether oxygens (including phenoxy) is 1. The molecule has 4 N–H and O–H groups in total. The van der Waals surface area contributed by atoms with Crippen LogP contribution in [0.2, 0.25) is 0 Å². The predicted molar refractivity (Wildman–Crippen MR) is 113 cm³/mol. The van der Waals surface area contributed by atoms with Crippen LogP contribution in [0.25, 0.3) is 11.3 Å². The number of carbonyl (C=O) groups excluding carboxylic acids is 1. The summed E-state index contributed by atoms with van der Waals surface area (Å²) in [6, 6.07) is 7.65. The van der Waals surface area contributed by atoms with Crippen LogP contribution in [0.3, 0.4) is 0 Å². The highest BCUT2D eigenvalue weighted by Gasteiger charge is 2.24.